The molecule has 0 saturated heterocycles. The van der Waals surface area contributed by atoms with Crippen molar-refractivity contribution in [1.82, 2.24) is 4.98 Å². The van der Waals surface area contributed by atoms with Crippen molar-refractivity contribution >= 4 is 27.3 Å². The van der Waals surface area contributed by atoms with Gasteiger partial charge in [-0.2, -0.15) is 4.39 Å². The Morgan fingerprint density at radius 1 is 1.26 bits per heavy atom. The molecule has 1 aliphatic carbocycles. The van der Waals surface area contributed by atoms with Crippen molar-refractivity contribution < 1.29 is 22.7 Å². The van der Waals surface area contributed by atoms with Gasteiger partial charge in [-0.15, -0.1) is 0 Å². The quantitative estimate of drug-likeness (QED) is 0.571. The summed E-state index contributed by atoms with van der Waals surface area (Å²) in [4.78, 5) is 15.8. The Kier molecular flexibility index (Phi) is 5.87. The summed E-state index contributed by atoms with van der Waals surface area (Å²) in [5.74, 6) is -1.64. The zero-order valence-corrected chi connectivity index (χ0v) is 21.3. The van der Waals surface area contributed by atoms with E-state index in [1.165, 1.54) is 16.6 Å². The van der Waals surface area contributed by atoms with Crippen molar-refractivity contribution in [3.05, 3.63) is 52.1 Å². The molecule has 0 radical (unpaired) electrons. The molecule has 0 bridgehead atoms. The summed E-state index contributed by atoms with van der Waals surface area (Å²) in [6.07, 6.45) is 7.21. The third kappa shape index (κ3) is 4.02. The highest BCUT2D eigenvalue weighted by atomic mass is 32.2. The Labute approximate surface area is 200 Å². The molecule has 1 aliphatic heterocycles. The van der Waals surface area contributed by atoms with Crippen LogP contribution in [0.5, 0.6) is 0 Å². The van der Waals surface area contributed by atoms with E-state index < -0.39 is 28.0 Å². The molecule has 1 atom stereocenters. The van der Waals surface area contributed by atoms with Crippen molar-refractivity contribution in [1.29, 1.82) is 0 Å². The number of benzene rings is 1. The molecule has 2 aliphatic rings. The highest BCUT2D eigenvalue weighted by Gasteiger charge is 2.39. The van der Waals surface area contributed by atoms with Crippen LogP contribution in [-0.4, -0.2) is 30.7 Å². The average Bonchev–Trinajstić information content (AvgIpc) is 2.71. The van der Waals surface area contributed by atoms with Crippen molar-refractivity contribution in [2.45, 2.75) is 66.3 Å². The summed E-state index contributed by atoms with van der Waals surface area (Å²) in [7, 11) is -3.75. The van der Waals surface area contributed by atoms with E-state index in [0.29, 0.717) is 33.5 Å². The summed E-state index contributed by atoms with van der Waals surface area (Å²) in [5, 5.41) is 9.76. The zero-order valence-electron chi connectivity index (χ0n) is 20.5. The van der Waals surface area contributed by atoms with Gasteiger partial charge >= 0.3 is 5.97 Å². The first-order chi connectivity index (χ1) is 15.7. The SMILES string of the molecule is Cc1c(C2=CCC(C)(C)CC2)c(CC(=O)O)c(C)c2c1-c1cnc(F)cc1[C@@H](C)N2S(C)(=O)=O. The Hall–Kier alpha value is -2.74. The first-order valence-electron chi connectivity index (χ1n) is 11.5. The van der Waals surface area contributed by atoms with Crippen molar-refractivity contribution in [2.24, 2.45) is 5.41 Å². The number of hydrogen-bond acceptors (Lipinski definition) is 4. The fraction of sp³-hybridized carbons (Fsp3) is 0.462. The van der Waals surface area contributed by atoms with Gasteiger partial charge in [0.2, 0.25) is 16.0 Å². The maximum atomic E-state index is 14.1. The lowest BCUT2D eigenvalue weighted by atomic mass is 9.73. The molecular weight excluding hydrogens is 455 g/mol. The minimum Gasteiger partial charge on any atom is -0.481 e. The van der Waals surface area contributed by atoms with Crippen LogP contribution in [0, 0.1) is 25.2 Å². The number of halogens is 1. The van der Waals surface area contributed by atoms with Crippen LogP contribution in [0.4, 0.5) is 10.1 Å². The van der Waals surface area contributed by atoms with E-state index in [0.717, 1.165) is 42.2 Å². The number of carboxylic acids is 1. The van der Waals surface area contributed by atoms with Crippen LogP contribution in [0.25, 0.3) is 16.7 Å². The molecule has 2 heterocycles. The number of fused-ring (bicyclic) bond motifs is 3. The van der Waals surface area contributed by atoms with Gasteiger partial charge in [0.25, 0.3) is 0 Å². The lowest BCUT2D eigenvalue weighted by Gasteiger charge is -2.40. The Morgan fingerprint density at radius 2 is 1.94 bits per heavy atom. The first kappa shape index (κ1) is 24.4. The lowest BCUT2D eigenvalue weighted by Crippen LogP contribution is -2.37. The number of carboxylic acid groups (broad SMARTS) is 1. The molecule has 1 N–H and O–H groups in total. The molecule has 0 unspecified atom stereocenters. The zero-order chi connectivity index (χ0) is 25.2. The van der Waals surface area contributed by atoms with Crippen LogP contribution in [0.2, 0.25) is 0 Å². The van der Waals surface area contributed by atoms with E-state index in [1.807, 2.05) is 6.92 Å². The molecular formula is C26H31FN2O4S. The molecule has 4 rings (SSSR count). The van der Waals surface area contributed by atoms with Gasteiger partial charge in [-0.1, -0.05) is 19.9 Å². The van der Waals surface area contributed by atoms with E-state index in [1.54, 1.807) is 13.8 Å². The number of carbonyl (C=O) groups is 1. The van der Waals surface area contributed by atoms with Gasteiger partial charge in [-0.25, -0.2) is 13.4 Å². The van der Waals surface area contributed by atoms with Gasteiger partial charge in [0.1, 0.15) is 0 Å². The fourth-order valence-corrected chi connectivity index (χ4v) is 6.78. The van der Waals surface area contributed by atoms with Crippen LogP contribution in [0.1, 0.15) is 73.9 Å². The molecule has 0 spiro atoms. The monoisotopic (exact) mass is 486 g/mol. The minimum atomic E-state index is -3.75. The number of aromatic nitrogens is 1. The van der Waals surface area contributed by atoms with Crippen molar-refractivity contribution in [2.75, 3.05) is 10.6 Å². The van der Waals surface area contributed by atoms with Gasteiger partial charge in [0.05, 0.1) is 24.4 Å². The lowest BCUT2D eigenvalue weighted by molar-refractivity contribution is -0.136. The number of anilines is 1. The number of rotatable bonds is 4. The molecule has 2 aromatic rings. The summed E-state index contributed by atoms with van der Waals surface area (Å²) >= 11 is 0. The number of nitrogens with zero attached hydrogens (tertiary/aromatic N) is 2. The van der Waals surface area contributed by atoms with Gasteiger partial charge < -0.3 is 5.11 Å². The Balaban J connectivity index is 2.13. The second kappa shape index (κ2) is 8.18. The normalized spacial score (nSPS) is 19.3. The van der Waals surface area contributed by atoms with Crippen LogP contribution >= 0.6 is 0 Å². The second-order valence-electron chi connectivity index (χ2n) is 10.3. The fourth-order valence-electron chi connectivity index (χ4n) is 5.53. The highest BCUT2D eigenvalue weighted by Crippen LogP contribution is 2.52. The van der Waals surface area contributed by atoms with Gasteiger partial charge in [0.15, 0.2) is 0 Å². The largest absolute Gasteiger partial charge is 0.481 e. The Bertz CT molecular complexity index is 1350. The highest BCUT2D eigenvalue weighted by molar-refractivity contribution is 7.92. The van der Waals surface area contributed by atoms with Crippen LogP contribution in [-0.2, 0) is 21.2 Å². The first-order valence-corrected chi connectivity index (χ1v) is 13.3. The van der Waals surface area contributed by atoms with Gasteiger partial charge in [-0.3, -0.25) is 9.10 Å². The third-order valence-corrected chi connectivity index (χ3v) is 8.48. The molecule has 8 heteroatoms. The molecule has 182 valence electrons. The van der Waals surface area contributed by atoms with Gasteiger partial charge in [-0.05, 0) is 84.9 Å². The van der Waals surface area contributed by atoms with Crippen LogP contribution < -0.4 is 4.31 Å². The van der Waals surface area contributed by atoms with E-state index in [9.17, 15) is 22.7 Å². The summed E-state index contributed by atoms with van der Waals surface area (Å²) in [6.45, 7) is 9.84. The molecule has 34 heavy (non-hydrogen) atoms. The minimum absolute atomic E-state index is 0.171. The molecule has 6 nitrogen and oxygen atoms in total. The average molecular weight is 487 g/mol. The smallest absolute Gasteiger partial charge is 0.307 e. The van der Waals surface area contributed by atoms with Gasteiger partial charge in [0, 0.05) is 17.3 Å². The second-order valence-corrected chi connectivity index (χ2v) is 12.2. The van der Waals surface area contributed by atoms with Crippen LogP contribution in [0.15, 0.2) is 18.3 Å². The van der Waals surface area contributed by atoms with Crippen molar-refractivity contribution in [3.63, 3.8) is 0 Å². The maximum Gasteiger partial charge on any atom is 0.307 e. The number of pyridine rings is 1. The standard InChI is InChI=1S/C26H31FN2O4S/c1-14-18(12-22(30)31)23(17-7-9-26(4,5)10-8-17)15(2)24-20-13-28-21(27)11-19(20)16(3)29(25(14)24)34(6,32)33/h7,11,13,16H,8-10,12H2,1-6H3,(H,30,31)/t16-/m1/s1. The summed E-state index contributed by atoms with van der Waals surface area (Å²) in [5.41, 5.74) is 6.55. The molecule has 0 saturated carbocycles. The Morgan fingerprint density at radius 3 is 2.50 bits per heavy atom. The van der Waals surface area contributed by atoms with Crippen LogP contribution in [0.3, 0.4) is 0 Å². The number of allylic oxidation sites excluding steroid dienone is 2. The van der Waals surface area contributed by atoms with E-state index >= 15 is 0 Å². The summed E-state index contributed by atoms with van der Waals surface area (Å²) in [6, 6.07) is 0.634. The van der Waals surface area contributed by atoms with Crippen molar-refractivity contribution in [3.8, 4) is 11.1 Å². The molecule has 1 aromatic heterocycles. The number of hydrogen-bond donors (Lipinski definition) is 1. The summed E-state index contributed by atoms with van der Waals surface area (Å²) < 4.78 is 41.4. The predicted octanol–water partition coefficient (Wildman–Crippen LogP) is 5.57. The number of sulfonamides is 1. The van der Waals surface area contributed by atoms with E-state index in [2.05, 4.69) is 24.9 Å². The molecule has 0 amide bonds. The van der Waals surface area contributed by atoms with E-state index in [-0.39, 0.29) is 11.8 Å². The van der Waals surface area contributed by atoms with E-state index in [4.69, 9.17) is 0 Å². The maximum absolute atomic E-state index is 14.1. The third-order valence-electron chi connectivity index (χ3n) is 7.27. The number of aliphatic carboxylic acids is 1. The predicted molar refractivity (Wildman–Crippen MR) is 132 cm³/mol. The molecule has 0 fully saturated rings. The molecule has 1 aromatic carbocycles. The topological polar surface area (TPSA) is 87.6 Å².